The van der Waals surface area contributed by atoms with Gasteiger partial charge in [-0.2, -0.15) is 0 Å². The smallest absolute Gasteiger partial charge is 0.292 e. The fraction of sp³-hybridized carbons (Fsp3) is 0.429. The lowest BCUT2D eigenvalue weighted by Crippen LogP contribution is -2.30. The van der Waals surface area contributed by atoms with Crippen molar-refractivity contribution in [3.63, 3.8) is 0 Å². The Hall–Kier alpha value is -2.06. The van der Waals surface area contributed by atoms with Gasteiger partial charge in [-0.3, -0.25) is 9.59 Å². The fourth-order valence-electron chi connectivity index (χ4n) is 2.72. The summed E-state index contributed by atoms with van der Waals surface area (Å²) in [4.78, 5) is 24.5. The summed E-state index contributed by atoms with van der Waals surface area (Å²) in [6.07, 6.45) is 4.56. The van der Waals surface area contributed by atoms with Crippen LogP contribution >= 0.6 is 24.8 Å². The number of pyridine rings is 1. The molecule has 2 aromatic rings. The second-order valence-electron chi connectivity index (χ2n) is 6.74. The number of aromatic nitrogens is 1. The lowest BCUT2D eigenvalue weighted by molar-refractivity contribution is -0.121. The first kappa shape index (κ1) is 27.9. The maximum Gasteiger partial charge on any atom is 0.292 e. The van der Waals surface area contributed by atoms with Crippen molar-refractivity contribution >= 4 is 30.7 Å². The number of benzene rings is 1. The normalized spacial score (nSPS) is 11.0. The molecule has 9 heteroatoms. The van der Waals surface area contributed by atoms with Gasteiger partial charge < -0.3 is 26.1 Å². The van der Waals surface area contributed by atoms with Gasteiger partial charge in [0.25, 0.3) is 5.56 Å². The molecule has 0 radical (unpaired) electrons. The first-order valence-electron chi connectivity index (χ1n) is 9.68. The van der Waals surface area contributed by atoms with Crippen LogP contribution in [0.2, 0.25) is 0 Å². The van der Waals surface area contributed by atoms with Crippen molar-refractivity contribution in [3.8, 4) is 5.75 Å². The topological polar surface area (TPSA) is 112 Å². The summed E-state index contributed by atoms with van der Waals surface area (Å²) in [5.74, 6) is 0.202. The van der Waals surface area contributed by atoms with Crippen molar-refractivity contribution in [1.29, 1.82) is 0 Å². The number of ether oxygens (including phenoxy) is 1. The number of carbonyl (C=O) groups excluding carboxylic acids is 1. The molecule has 0 bridgehead atoms. The number of amides is 1. The summed E-state index contributed by atoms with van der Waals surface area (Å²) >= 11 is 0. The van der Waals surface area contributed by atoms with Gasteiger partial charge in [-0.1, -0.05) is 36.8 Å². The number of nitrogens with two attached hydrogens (primary N) is 2. The summed E-state index contributed by atoms with van der Waals surface area (Å²) < 4.78 is 7.14. The van der Waals surface area contributed by atoms with E-state index in [2.05, 4.69) is 5.32 Å². The minimum Gasteiger partial charge on any atom is -0.483 e. The SMILES string of the molecule is Cl.Cl.NCC(N)CCCCNC(=O)CCn1cccc(OCc2ccccc2)c1=O. The average Bonchev–Trinajstić information content (AvgIpc) is 2.72. The molecular formula is C21H32Cl2N4O3. The van der Waals surface area contributed by atoms with E-state index < -0.39 is 0 Å². The third kappa shape index (κ3) is 10.1. The highest BCUT2D eigenvalue weighted by Gasteiger charge is 2.07. The van der Waals surface area contributed by atoms with Crippen molar-refractivity contribution in [1.82, 2.24) is 9.88 Å². The van der Waals surface area contributed by atoms with Crippen molar-refractivity contribution in [2.45, 2.75) is 44.9 Å². The van der Waals surface area contributed by atoms with Crippen LogP contribution in [0.25, 0.3) is 0 Å². The standard InChI is InChI=1S/C21H30N4O3.2ClH/c22-15-18(23)9-4-5-12-24-20(26)11-14-25-13-6-10-19(21(25)27)28-16-17-7-2-1-3-8-17;;/h1-3,6-8,10,13,18H,4-5,9,11-12,14-16,22-23H2,(H,24,26);2*1H. The minimum atomic E-state index is -0.234. The summed E-state index contributed by atoms with van der Waals surface area (Å²) in [6, 6.07) is 13.1. The Balaban J connectivity index is 0.00000420. The predicted octanol–water partition coefficient (Wildman–Crippen LogP) is 2.23. The first-order valence-corrected chi connectivity index (χ1v) is 9.68. The number of unbranched alkanes of at least 4 members (excludes halogenated alkanes) is 1. The number of carbonyl (C=O) groups is 1. The molecule has 1 aromatic carbocycles. The molecule has 168 valence electrons. The van der Waals surface area contributed by atoms with Gasteiger partial charge in [0, 0.05) is 38.3 Å². The first-order chi connectivity index (χ1) is 13.6. The summed E-state index contributed by atoms with van der Waals surface area (Å²) in [5.41, 5.74) is 12.0. The minimum absolute atomic E-state index is 0. The van der Waals surface area contributed by atoms with Gasteiger partial charge in [0.1, 0.15) is 6.61 Å². The van der Waals surface area contributed by atoms with E-state index in [0.717, 1.165) is 24.8 Å². The zero-order chi connectivity index (χ0) is 20.2. The van der Waals surface area contributed by atoms with Gasteiger partial charge in [0.2, 0.25) is 5.91 Å². The van der Waals surface area contributed by atoms with Crippen LogP contribution in [0.5, 0.6) is 5.75 Å². The monoisotopic (exact) mass is 458 g/mol. The maximum absolute atomic E-state index is 12.5. The van der Waals surface area contributed by atoms with E-state index in [1.807, 2.05) is 30.3 Å². The summed E-state index contributed by atoms with van der Waals surface area (Å²) in [6.45, 7) is 1.72. The highest BCUT2D eigenvalue weighted by atomic mass is 35.5. The van der Waals surface area contributed by atoms with E-state index in [-0.39, 0.29) is 54.5 Å². The highest BCUT2D eigenvalue weighted by molar-refractivity contribution is 5.85. The number of rotatable bonds is 12. The third-order valence-corrected chi connectivity index (χ3v) is 4.43. The largest absolute Gasteiger partial charge is 0.483 e. The lowest BCUT2D eigenvalue weighted by Gasteiger charge is -2.10. The van der Waals surface area contributed by atoms with Gasteiger partial charge >= 0.3 is 0 Å². The van der Waals surface area contributed by atoms with Crippen molar-refractivity contribution in [3.05, 3.63) is 64.6 Å². The highest BCUT2D eigenvalue weighted by Crippen LogP contribution is 2.07. The molecule has 30 heavy (non-hydrogen) atoms. The number of nitrogens with one attached hydrogen (secondary N) is 1. The van der Waals surface area contributed by atoms with Crippen LogP contribution in [-0.2, 0) is 17.9 Å². The second-order valence-corrected chi connectivity index (χ2v) is 6.74. The Bertz CT molecular complexity index is 787. The van der Waals surface area contributed by atoms with Crippen molar-refractivity contribution in [2.24, 2.45) is 11.5 Å². The van der Waals surface area contributed by atoms with E-state index in [0.29, 0.717) is 26.2 Å². The molecule has 0 saturated carbocycles. The van der Waals surface area contributed by atoms with Gasteiger partial charge in [0.05, 0.1) is 0 Å². The zero-order valence-corrected chi connectivity index (χ0v) is 18.6. The molecule has 1 amide bonds. The van der Waals surface area contributed by atoms with Crippen LogP contribution < -0.4 is 27.1 Å². The lowest BCUT2D eigenvalue weighted by atomic mass is 10.1. The van der Waals surface area contributed by atoms with Crippen LogP contribution in [0, 0.1) is 0 Å². The molecule has 1 atom stereocenters. The number of hydrogen-bond donors (Lipinski definition) is 3. The van der Waals surface area contributed by atoms with Gasteiger partial charge in [-0.15, -0.1) is 24.8 Å². The Morgan fingerprint density at radius 2 is 1.83 bits per heavy atom. The van der Waals surface area contributed by atoms with Crippen LogP contribution in [0.15, 0.2) is 53.5 Å². The van der Waals surface area contributed by atoms with Gasteiger partial charge in [-0.05, 0) is 30.5 Å². The van der Waals surface area contributed by atoms with Crippen LogP contribution in [0.4, 0.5) is 0 Å². The molecule has 7 nitrogen and oxygen atoms in total. The van der Waals surface area contributed by atoms with Crippen LogP contribution in [0.1, 0.15) is 31.2 Å². The van der Waals surface area contributed by atoms with E-state index in [1.165, 1.54) is 4.57 Å². The molecule has 0 fully saturated rings. The van der Waals surface area contributed by atoms with Crippen LogP contribution in [-0.4, -0.2) is 29.6 Å². The Morgan fingerprint density at radius 3 is 2.53 bits per heavy atom. The Morgan fingerprint density at radius 1 is 1.10 bits per heavy atom. The molecule has 1 heterocycles. The number of aryl methyl sites for hydroxylation is 1. The van der Waals surface area contributed by atoms with Crippen molar-refractivity contribution < 1.29 is 9.53 Å². The van der Waals surface area contributed by atoms with Gasteiger partial charge in [-0.25, -0.2) is 0 Å². The number of nitrogens with zero attached hydrogens (tertiary/aromatic N) is 1. The van der Waals surface area contributed by atoms with E-state index >= 15 is 0 Å². The van der Waals surface area contributed by atoms with Gasteiger partial charge in [0.15, 0.2) is 5.75 Å². The second kappa shape index (κ2) is 15.7. The zero-order valence-electron chi connectivity index (χ0n) is 17.0. The summed E-state index contributed by atoms with van der Waals surface area (Å²) in [5, 5.41) is 2.87. The molecule has 0 aliphatic carbocycles. The Kier molecular flexibility index (Phi) is 14.7. The predicted molar refractivity (Wildman–Crippen MR) is 124 cm³/mol. The molecule has 0 saturated heterocycles. The maximum atomic E-state index is 12.5. The molecule has 2 rings (SSSR count). The molecule has 5 N–H and O–H groups in total. The number of halogens is 2. The third-order valence-electron chi connectivity index (χ3n) is 4.43. The van der Waals surface area contributed by atoms with Crippen LogP contribution in [0.3, 0.4) is 0 Å². The summed E-state index contributed by atoms with van der Waals surface area (Å²) in [7, 11) is 0. The molecule has 0 aliphatic heterocycles. The fourth-order valence-corrected chi connectivity index (χ4v) is 2.72. The molecule has 0 spiro atoms. The van der Waals surface area contributed by atoms with E-state index in [9.17, 15) is 9.59 Å². The Labute approximate surface area is 190 Å². The molecule has 1 unspecified atom stereocenters. The molecular weight excluding hydrogens is 427 g/mol. The van der Waals surface area contributed by atoms with Crippen molar-refractivity contribution in [2.75, 3.05) is 13.1 Å². The molecule has 0 aliphatic rings. The van der Waals surface area contributed by atoms with E-state index in [4.69, 9.17) is 16.2 Å². The average molecular weight is 459 g/mol. The molecule has 1 aromatic heterocycles. The number of hydrogen-bond acceptors (Lipinski definition) is 5. The van der Waals surface area contributed by atoms with E-state index in [1.54, 1.807) is 18.3 Å². The quantitative estimate of drug-likeness (QED) is 0.422.